The Morgan fingerprint density at radius 2 is 2.11 bits per heavy atom. The SMILES string of the molecule is COc1ccc(F)cc1CCC(C)(C#N)N(C)C. The van der Waals surface area contributed by atoms with Crippen LogP contribution in [0.15, 0.2) is 18.2 Å². The number of rotatable bonds is 5. The molecular formula is C14H19FN2O. The Bertz CT molecular complexity index is 454. The van der Waals surface area contributed by atoms with E-state index in [0.717, 1.165) is 5.56 Å². The van der Waals surface area contributed by atoms with Crippen LogP contribution in [0.2, 0.25) is 0 Å². The molecule has 0 aliphatic carbocycles. The maximum atomic E-state index is 13.2. The molecule has 0 N–H and O–H groups in total. The molecule has 1 unspecified atom stereocenters. The van der Waals surface area contributed by atoms with Crippen LogP contribution >= 0.6 is 0 Å². The molecule has 98 valence electrons. The lowest BCUT2D eigenvalue weighted by molar-refractivity contribution is 0.223. The Morgan fingerprint density at radius 3 is 2.61 bits per heavy atom. The highest BCUT2D eigenvalue weighted by Gasteiger charge is 2.26. The van der Waals surface area contributed by atoms with E-state index in [1.165, 1.54) is 12.1 Å². The van der Waals surface area contributed by atoms with Gasteiger partial charge in [-0.2, -0.15) is 5.26 Å². The maximum absolute atomic E-state index is 13.2. The van der Waals surface area contributed by atoms with Gasteiger partial charge in [-0.15, -0.1) is 0 Å². The van der Waals surface area contributed by atoms with Crippen molar-refractivity contribution in [1.29, 1.82) is 5.26 Å². The van der Waals surface area contributed by atoms with Crippen molar-refractivity contribution in [2.24, 2.45) is 0 Å². The Balaban J connectivity index is 2.86. The molecule has 4 heteroatoms. The van der Waals surface area contributed by atoms with Crippen molar-refractivity contribution in [3.63, 3.8) is 0 Å². The fourth-order valence-electron chi connectivity index (χ4n) is 1.70. The van der Waals surface area contributed by atoms with E-state index >= 15 is 0 Å². The van der Waals surface area contributed by atoms with Gasteiger partial charge in [-0.1, -0.05) is 0 Å². The third-order valence-electron chi connectivity index (χ3n) is 3.35. The van der Waals surface area contributed by atoms with Crippen LogP contribution in [-0.4, -0.2) is 31.6 Å². The number of halogens is 1. The minimum Gasteiger partial charge on any atom is -0.496 e. The van der Waals surface area contributed by atoms with Gasteiger partial charge in [0.2, 0.25) is 0 Å². The Labute approximate surface area is 108 Å². The van der Waals surface area contributed by atoms with Gasteiger partial charge in [0.15, 0.2) is 0 Å². The molecule has 3 nitrogen and oxygen atoms in total. The summed E-state index contributed by atoms with van der Waals surface area (Å²) < 4.78 is 18.4. The summed E-state index contributed by atoms with van der Waals surface area (Å²) in [4.78, 5) is 1.87. The van der Waals surface area contributed by atoms with E-state index < -0.39 is 5.54 Å². The van der Waals surface area contributed by atoms with Crippen LogP contribution in [0.5, 0.6) is 5.75 Å². The van der Waals surface area contributed by atoms with E-state index in [2.05, 4.69) is 6.07 Å². The highest BCUT2D eigenvalue weighted by atomic mass is 19.1. The van der Waals surface area contributed by atoms with E-state index in [9.17, 15) is 9.65 Å². The Hall–Kier alpha value is -1.60. The van der Waals surface area contributed by atoms with Gasteiger partial charge in [0, 0.05) is 0 Å². The molecule has 0 spiro atoms. The van der Waals surface area contributed by atoms with Crippen molar-refractivity contribution in [1.82, 2.24) is 4.90 Å². The van der Waals surface area contributed by atoms with Gasteiger partial charge in [0.1, 0.15) is 17.1 Å². The van der Waals surface area contributed by atoms with Crippen molar-refractivity contribution in [3.05, 3.63) is 29.6 Å². The van der Waals surface area contributed by atoms with Crippen molar-refractivity contribution in [3.8, 4) is 11.8 Å². The lowest BCUT2D eigenvalue weighted by Crippen LogP contribution is -2.40. The van der Waals surface area contributed by atoms with Gasteiger partial charge < -0.3 is 4.74 Å². The zero-order valence-corrected chi connectivity index (χ0v) is 11.3. The van der Waals surface area contributed by atoms with Gasteiger partial charge in [-0.05, 0) is 57.6 Å². The average molecular weight is 250 g/mol. The standard InChI is InChI=1S/C14H19FN2O/c1-14(10-16,17(2)3)8-7-11-9-12(15)5-6-13(11)18-4/h5-6,9H,7-8H2,1-4H3. The first-order valence-electron chi connectivity index (χ1n) is 5.84. The second-order valence-corrected chi connectivity index (χ2v) is 4.74. The maximum Gasteiger partial charge on any atom is 0.123 e. The number of ether oxygens (including phenoxy) is 1. The normalized spacial score (nSPS) is 14.1. The molecule has 1 aromatic carbocycles. The van der Waals surface area contributed by atoms with Crippen LogP contribution < -0.4 is 4.74 Å². The summed E-state index contributed by atoms with van der Waals surface area (Å²) in [6, 6.07) is 6.74. The predicted octanol–water partition coefficient (Wildman–Crippen LogP) is 2.61. The summed E-state index contributed by atoms with van der Waals surface area (Å²) in [5.74, 6) is 0.379. The van der Waals surface area contributed by atoms with Crippen LogP contribution in [0.3, 0.4) is 0 Å². The summed E-state index contributed by atoms with van der Waals surface area (Å²) in [5.41, 5.74) is 0.234. The van der Waals surface area contributed by atoms with E-state index in [1.54, 1.807) is 13.2 Å². The summed E-state index contributed by atoms with van der Waals surface area (Å²) in [6.45, 7) is 1.87. The number of benzene rings is 1. The molecule has 1 atom stereocenters. The average Bonchev–Trinajstić information content (AvgIpc) is 2.35. The first kappa shape index (κ1) is 14.5. The fraction of sp³-hybridized carbons (Fsp3) is 0.500. The molecule has 0 aliphatic heterocycles. The van der Waals surface area contributed by atoms with Crippen LogP contribution in [0.25, 0.3) is 0 Å². The monoisotopic (exact) mass is 250 g/mol. The van der Waals surface area contributed by atoms with Crippen LogP contribution in [0.1, 0.15) is 18.9 Å². The van der Waals surface area contributed by atoms with Gasteiger partial charge in [0.25, 0.3) is 0 Å². The van der Waals surface area contributed by atoms with E-state index in [4.69, 9.17) is 4.74 Å². The molecule has 0 fully saturated rings. The Morgan fingerprint density at radius 1 is 1.44 bits per heavy atom. The first-order valence-corrected chi connectivity index (χ1v) is 5.84. The smallest absolute Gasteiger partial charge is 0.123 e. The van der Waals surface area contributed by atoms with Gasteiger partial charge in [-0.3, -0.25) is 4.90 Å². The van der Waals surface area contributed by atoms with Gasteiger partial charge >= 0.3 is 0 Å². The molecule has 0 bridgehead atoms. The second kappa shape index (κ2) is 5.83. The molecule has 0 saturated heterocycles. The number of nitrogens with zero attached hydrogens (tertiary/aromatic N) is 2. The van der Waals surface area contributed by atoms with Gasteiger partial charge in [0.05, 0.1) is 13.2 Å². The summed E-state index contributed by atoms with van der Waals surface area (Å²) >= 11 is 0. The van der Waals surface area contributed by atoms with E-state index in [-0.39, 0.29) is 5.82 Å². The molecule has 0 radical (unpaired) electrons. The molecule has 0 aromatic heterocycles. The molecule has 0 saturated carbocycles. The predicted molar refractivity (Wildman–Crippen MR) is 69.0 cm³/mol. The molecule has 0 aliphatic rings. The largest absolute Gasteiger partial charge is 0.496 e. The topological polar surface area (TPSA) is 36.3 Å². The van der Waals surface area contributed by atoms with Gasteiger partial charge in [-0.25, -0.2) is 4.39 Å². The summed E-state index contributed by atoms with van der Waals surface area (Å²) in [6.07, 6.45) is 1.22. The van der Waals surface area contributed by atoms with Crippen LogP contribution in [0, 0.1) is 17.1 Å². The molecule has 1 aromatic rings. The molecule has 18 heavy (non-hydrogen) atoms. The Kier molecular flexibility index (Phi) is 4.69. The third-order valence-corrected chi connectivity index (χ3v) is 3.35. The number of methoxy groups -OCH3 is 1. The van der Waals surface area contributed by atoms with Crippen molar-refractivity contribution in [2.75, 3.05) is 21.2 Å². The van der Waals surface area contributed by atoms with Crippen molar-refractivity contribution in [2.45, 2.75) is 25.3 Å². The highest BCUT2D eigenvalue weighted by molar-refractivity contribution is 5.34. The quantitative estimate of drug-likeness (QED) is 0.806. The highest BCUT2D eigenvalue weighted by Crippen LogP contribution is 2.25. The number of aryl methyl sites for hydroxylation is 1. The number of hydrogen-bond acceptors (Lipinski definition) is 3. The second-order valence-electron chi connectivity index (χ2n) is 4.74. The van der Waals surface area contributed by atoms with E-state index in [0.29, 0.717) is 18.6 Å². The zero-order valence-electron chi connectivity index (χ0n) is 11.3. The molecule has 0 heterocycles. The van der Waals surface area contributed by atoms with Crippen molar-refractivity contribution >= 4 is 0 Å². The van der Waals surface area contributed by atoms with Crippen LogP contribution in [0.4, 0.5) is 4.39 Å². The third kappa shape index (κ3) is 3.21. The molecule has 0 amide bonds. The molecule has 1 rings (SSSR count). The first-order chi connectivity index (χ1) is 8.42. The number of nitriles is 1. The zero-order chi connectivity index (χ0) is 13.8. The molecular weight excluding hydrogens is 231 g/mol. The van der Waals surface area contributed by atoms with Crippen LogP contribution in [-0.2, 0) is 6.42 Å². The summed E-state index contributed by atoms with van der Waals surface area (Å²) in [5, 5.41) is 9.22. The minimum absolute atomic E-state index is 0.283. The van der Waals surface area contributed by atoms with E-state index in [1.807, 2.05) is 25.9 Å². The summed E-state index contributed by atoms with van der Waals surface area (Å²) in [7, 11) is 5.30. The number of hydrogen-bond donors (Lipinski definition) is 0. The fourth-order valence-corrected chi connectivity index (χ4v) is 1.70. The lowest BCUT2D eigenvalue weighted by atomic mass is 9.93. The lowest BCUT2D eigenvalue weighted by Gasteiger charge is -2.29. The minimum atomic E-state index is -0.558. The van der Waals surface area contributed by atoms with Crippen molar-refractivity contribution < 1.29 is 9.13 Å².